The van der Waals surface area contributed by atoms with Gasteiger partial charge in [-0.15, -0.1) is 0 Å². The van der Waals surface area contributed by atoms with Gasteiger partial charge in [0.25, 0.3) is 0 Å². The third-order valence-corrected chi connectivity index (χ3v) is 3.35. The van der Waals surface area contributed by atoms with Gasteiger partial charge in [-0.2, -0.15) is 0 Å². The summed E-state index contributed by atoms with van der Waals surface area (Å²) in [6, 6.07) is 5.22. The summed E-state index contributed by atoms with van der Waals surface area (Å²) < 4.78 is 0.747. The van der Waals surface area contributed by atoms with Crippen LogP contribution in [0.25, 0.3) is 0 Å². The zero-order valence-corrected chi connectivity index (χ0v) is 13.7. The molecule has 1 amide bonds. The Bertz CT molecular complexity index is 472. The van der Waals surface area contributed by atoms with Crippen LogP contribution in [0.5, 0.6) is 0 Å². The molecular formula is C14H22BrN3O2. The van der Waals surface area contributed by atoms with Crippen LogP contribution in [0.1, 0.15) is 20.8 Å². The molecule has 0 aliphatic carbocycles. The van der Waals surface area contributed by atoms with Gasteiger partial charge in [-0.1, -0.05) is 6.92 Å². The maximum Gasteiger partial charge on any atom is 0.238 e. The molecule has 1 aromatic rings. The van der Waals surface area contributed by atoms with Crippen molar-refractivity contribution in [3.8, 4) is 0 Å². The standard InChI is InChI=1S/C14H22BrN3O2/c1-4-18(9-14(2,3)20)8-13(19)17-12-6-5-10(16)7-11(12)15/h5-7,20H,4,8-9,16H2,1-3H3,(H,17,19). The van der Waals surface area contributed by atoms with Crippen molar-refractivity contribution in [1.82, 2.24) is 4.90 Å². The number of carbonyl (C=O) groups is 1. The predicted octanol–water partition coefficient (Wildman–Crippen LogP) is 2.06. The van der Waals surface area contributed by atoms with Crippen LogP contribution in [0.15, 0.2) is 22.7 Å². The van der Waals surface area contributed by atoms with Crippen molar-refractivity contribution >= 4 is 33.2 Å². The van der Waals surface area contributed by atoms with Crippen LogP contribution in [0, 0.1) is 0 Å². The average molecular weight is 344 g/mol. The fourth-order valence-corrected chi connectivity index (χ4v) is 2.35. The van der Waals surface area contributed by atoms with Crippen molar-refractivity contribution in [2.24, 2.45) is 0 Å². The van der Waals surface area contributed by atoms with Crippen LogP contribution in [0.2, 0.25) is 0 Å². The summed E-state index contributed by atoms with van der Waals surface area (Å²) in [5.74, 6) is -0.124. The number of aliphatic hydroxyl groups is 1. The zero-order chi connectivity index (χ0) is 15.3. The molecule has 5 nitrogen and oxygen atoms in total. The summed E-state index contributed by atoms with van der Waals surface area (Å²) in [5, 5.41) is 12.6. The maximum atomic E-state index is 12.0. The van der Waals surface area contributed by atoms with Crippen LogP contribution in [-0.4, -0.2) is 41.1 Å². The Hall–Kier alpha value is -1.11. The van der Waals surface area contributed by atoms with Crippen molar-refractivity contribution in [3.05, 3.63) is 22.7 Å². The number of hydrogen-bond donors (Lipinski definition) is 3. The number of rotatable bonds is 6. The van der Waals surface area contributed by atoms with Crippen LogP contribution < -0.4 is 11.1 Å². The first-order chi connectivity index (χ1) is 9.21. The first-order valence-electron chi connectivity index (χ1n) is 6.51. The number of nitrogen functional groups attached to an aromatic ring is 1. The summed E-state index contributed by atoms with van der Waals surface area (Å²) in [5.41, 5.74) is 6.15. The second kappa shape index (κ2) is 7.06. The molecule has 1 aromatic carbocycles. The number of halogens is 1. The Morgan fingerprint density at radius 1 is 1.50 bits per heavy atom. The van der Waals surface area contributed by atoms with E-state index in [2.05, 4.69) is 21.2 Å². The molecule has 1 rings (SSSR count). The fourth-order valence-electron chi connectivity index (χ4n) is 1.85. The average Bonchev–Trinajstić information content (AvgIpc) is 2.30. The van der Waals surface area contributed by atoms with Crippen molar-refractivity contribution in [3.63, 3.8) is 0 Å². The van der Waals surface area contributed by atoms with Crippen LogP contribution in [-0.2, 0) is 4.79 Å². The highest BCUT2D eigenvalue weighted by Crippen LogP contribution is 2.24. The highest BCUT2D eigenvalue weighted by atomic mass is 79.9. The van der Waals surface area contributed by atoms with Gasteiger partial charge >= 0.3 is 0 Å². The van der Waals surface area contributed by atoms with E-state index in [0.29, 0.717) is 24.5 Å². The Labute approximate surface area is 128 Å². The van der Waals surface area contributed by atoms with E-state index in [4.69, 9.17) is 5.73 Å². The van der Waals surface area contributed by atoms with Crippen molar-refractivity contribution in [2.45, 2.75) is 26.4 Å². The predicted molar refractivity (Wildman–Crippen MR) is 85.6 cm³/mol. The Balaban J connectivity index is 2.62. The lowest BCUT2D eigenvalue weighted by Gasteiger charge is -2.27. The van der Waals surface area contributed by atoms with Gasteiger partial charge in [0.2, 0.25) is 5.91 Å². The fraction of sp³-hybridized carbons (Fsp3) is 0.500. The third-order valence-electron chi connectivity index (χ3n) is 2.69. The number of benzene rings is 1. The van der Waals surface area contributed by atoms with Gasteiger partial charge in [0.15, 0.2) is 0 Å². The Morgan fingerprint density at radius 3 is 2.65 bits per heavy atom. The molecular weight excluding hydrogens is 322 g/mol. The van der Waals surface area contributed by atoms with Gasteiger partial charge in [-0.05, 0) is 54.5 Å². The number of likely N-dealkylation sites (N-methyl/N-ethyl adjacent to an activating group) is 1. The highest BCUT2D eigenvalue weighted by molar-refractivity contribution is 9.10. The number of nitrogens with one attached hydrogen (secondary N) is 1. The molecule has 0 atom stereocenters. The number of amides is 1. The minimum Gasteiger partial charge on any atom is -0.399 e. The summed E-state index contributed by atoms with van der Waals surface area (Å²) in [6.45, 7) is 6.78. The quantitative estimate of drug-likeness (QED) is 0.691. The Morgan fingerprint density at radius 2 is 2.15 bits per heavy atom. The van der Waals surface area contributed by atoms with Crippen molar-refractivity contribution < 1.29 is 9.90 Å². The molecule has 112 valence electrons. The van der Waals surface area contributed by atoms with Gasteiger partial charge in [0.05, 0.1) is 17.8 Å². The molecule has 0 aliphatic rings. The minimum atomic E-state index is -0.821. The smallest absolute Gasteiger partial charge is 0.238 e. The number of nitrogens with zero attached hydrogens (tertiary/aromatic N) is 1. The Kier molecular flexibility index (Phi) is 5.98. The zero-order valence-electron chi connectivity index (χ0n) is 12.1. The first-order valence-corrected chi connectivity index (χ1v) is 7.30. The minimum absolute atomic E-state index is 0.124. The molecule has 0 saturated carbocycles. The topological polar surface area (TPSA) is 78.6 Å². The largest absolute Gasteiger partial charge is 0.399 e. The summed E-state index contributed by atoms with van der Waals surface area (Å²) in [7, 11) is 0. The molecule has 4 N–H and O–H groups in total. The normalized spacial score (nSPS) is 11.7. The number of nitrogens with two attached hydrogens (primary N) is 1. The number of anilines is 2. The van der Waals surface area contributed by atoms with E-state index in [1.807, 2.05) is 11.8 Å². The van der Waals surface area contributed by atoms with Crippen LogP contribution >= 0.6 is 15.9 Å². The van der Waals surface area contributed by atoms with Crippen LogP contribution in [0.3, 0.4) is 0 Å². The molecule has 0 unspecified atom stereocenters. The summed E-state index contributed by atoms with van der Waals surface area (Å²) in [6.07, 6.45) is 0. The van der Waals surface area contributed by atoms with E-state index in [9.17, 15) is 9.90 Å². The van der Waals surface area contributed by atoms with E-state index in [0.717, 1.165) is 4.47 Å². The molecule has 20 heavy (non-hydrogen) atoms. The van der Waals surface area contributed by atoms with Gasteiger partial charge < -0.3 is 16.2 Å². The molecule has 0 aromatic heterocycles. The lowest BCUT2D eigenvalue weighted by molar-refractivity contribution is -0.117. The maximum absolute atomic E-state index is 12.0. The molecule has 0 heterocycles. The second-order valence-corrected chi connectivity index (χ2v) is 6.26. The van der Waals surface area contributed by atoms with E-state index < -0.39 is 5.60 Å². The number of hydrogen-bond acceptors (Lipinski definition) is 4. The molecule has 0 bridgehead atoms. The summed E-state index contributed by atoms with van der Waals surface area (Å²) in [4.78, 5) is 13.9. The van der Waals surface area contributed by atoms with E-state index in [1.54, 1.807) is 32.0 Å². The van der Waals surface area contributed by atoms with E-state index in [1.165, 1.54) is 0 Å². The van der Waals surface area contributed by atoms with E-state index >= 15 is 0 Å². The van der Waals surface area contributed by atoms with Crippen molar-refractivity contribution in [2.75, 3.05) is 30.7 Å². The van der Waals surface area contributed by atoms with Gasteiger partial charge in [-0.3, -0.25) is 9.69 Å². The molecule has 0 spiro atoms. The second-order valence-electron chi connectivity index (χ2n) is 5.40. The monoisotopic (exact) mass is 343 g/mol. The highest BCUT2D eigenvalue weighted by Gasteiger charge is 2.19. The number of carbonyl (C=O) groups excluding carboxylic acids is 1. The lowest BCUT2D eigenvalue weighted by atomic mass is 10.1. The van der Waals surface area contributed by atoms with Gasteiger partial charge in [0, 0.05) is 16.7 Å². The van der Waals surface area contributed by atoms with Crippen LogP contribution in [0.4, 0.5) is 11.4 Å². The molecule has 0 fully saturated rings. The molecule has 6 heteroatoms. The van der Waals surface area contributed by atoms with E-state index in [-0.39, 0.29) is 12.5 Å². The molecule has 0 aliphatic heterocycles. The molecule has 0 radical (unpaired) electrons. The third kappa shape index (κ3) is 5.90. The van der Waals surface area contributed by atoms with Gasteiger partial charge in [0.1, 0.15) is 0 Å². The SMILES string of the molecule is CCN(CC(=O)Nc1ccc(N)cc1Br)CC(C)(C)O. The molecule has 0 saturated heterocycles. The lowest BCUT2D eigenvalue weighted by Crippen LogP contribution is -2.42. The summed E-state index contributed by atoms with van der Waals surface area (Å²) >= 11 is 3.36. The first kappa shape index (κ1) is 16.9. The van der Waals surface area contributed by atoms with Gasteiger partial charge in [-0.25, -0.2) is 0 Å². The van der Waals surface area contributed by atoms with Crippen molar-refractivity contribution in [1.29, 1.82) is 0 Å².